The Kier molecular flexibility index (Phi) is 6.18. The number of hydrogen-bond acceptors (Lipinski definition) is 2. The minimum atomic E-state index is 0. The topological polar surface area (TPSA) is 21.6 Å². The molecule has 3 nitrogen and oxygen atoms in total. The molecule has 0 spiro atoms. The maximum atomic E-state index is 5.66. The highest BCUT2D eigenvalue weighted by Crippen LogP contribution is 2.15. The minimum Gasteiger partial charge on any atom is -1.00 e. The molecule has 0 atom stereocenters. The average Bonchev–Trinajstić information content (AvgIpc) is 2.68. The van der Waals surface area contributed by atoms with Crippen LogP contribution in [0.4, 0.5) is 0 Å². The number of halogens is 1. The lowest BCUT2D eigenvalue weighted by atomic mass is 10.1. The van der Waals surface area contributed by atoms with Crippen LogP contribution in [0.1, 0.15) is 0 Å². The zero-order valence-electron chi connectivity index (χ0n) is 14.4. The first-order valence-electron chi connectivity index (χ1n) is 7.92. The Morgan fingerprint density at radius 1 is 0.792 bits per heavy atom. The zero-order chi connectivity index (χ0) is 16.3. The lowest BCUT2D eigenvalue weighted by Gasteiger charge is -2.22. The van der Waals surface area contributed by atoms with Crippen molar-refractivity contribution in [1.82, 2.24) is 0 Å². The highest BCUT2D eigenvalue weighted by Gasteiger charge is 2.06. The van der Waals surface area contributed by atoms with E-state index < -0.39 is 0 Å². The summed E-state index contributed by atoms with van der Waals surface area (Å²) in [6.45, 7) is 1.52. The number of hydrogen-bond donors (Lipinski definition) is 0. The van der Waals surface area contributed by atoms with Gasteiger partial charge in [0.05, 0.1) is 21.1 Å². The largest absolute Gasteiger partial charge is 1.00 e. The lowest BCUT2D eigenvalue weighted by Crippen LogP contribution is -3.00. The van der Waals surface area contributed by atoms with E-state index in [1.165, 1.54) is 0 Å². The van der Waals surface area contributed by atoms with Crippen molar-refractivity contribution in [2.75, 3.05) is 34.3 Å². The average molecular weight is 434 g/mol. The summed E-state index contributed by atoms with van der Waals surface area (Å²) < 4.78 is 0.861. The van der Waals surface area contributed by atoms with Gasteiger partial charge in [0.2, 0.25) is 0 Å². The highest BCUT2D eigenvalue weighted by atomic mass is 127. The Hall–Kier alpha value is -1.66. The Balaban J connectivity index is 0.00000208. The molecule has 0 aliphatic carbocycles. The third-order valence-electron chi connectivity index (χ3n) is 3.88. The molecule has 3 aromatic rings. The monoisotopic (exact) mass is 434 g/mol. The molecule has 126 valence electrons. The van der Waals surface area contributed by atoms with Crippen molar-refractivity contribution in [2.45, 2.75) is 0 Å². The van der Waals surface area contributed by atoms with Crippen LogP contribution < -0.4 is 29.3 Å². The minimum absolute atomic E-state index is 0. The van der Waals surface area contributed by atoms with E-state index in [0.29, 0.717) is 6.61 Å². The predicted molar refractivity (Wildman–Crippen MR) is 95.9 cm³/mol. The molecule has 0 saturated heterocycles. The highest BCUT2D eigenvalue weighted by molar-refractivity contribution is 5.92. The van der Waals surface area contributed by atoms with E-state index in [-0.39, 0.29) is 24.0 Å². The molecule has 0 aromatic heterocycles. The molecule has 4 heteroatoms. The van der Waals surface area contributed by atoms with Crippen LogP contribution in [0.2, 0.25) is 0 Å². The van der Waals surface area contributed by atoms with Gasteiger partial charge in [-0.05, 0) is 10.8 Å². The van der Waals surface area contributed by atoms with Crippen molar-refractivity contribution in [3.63, 3.8) is 0 Å². The molecule has 0 unspecified atom stereocenters. The standard InChI is InChI=1S/C20H23N2O.HI/c1-22(2,3)14-15-23-21-20-18-10-6-4-8-16(18)12-13-17-9-5-7-11-19(17)20;/h4-13H,14-15H2,1-3H3;1H/q+1;/p-1. The van der Waals surface area contributed by atoms with Crippen molar-refractivity contribution in [3.8, 4) is 0 Å². The second-order valence-corrected chi connectivity index (χ2v) is 6.79. The third kappa shape index (κ3) is 4.45. The van der Waals surface area contributed by atoms with Gasteiger partial charge in [0.1, 0.15) is 11.9 Å². The van der Waals surface area contributed by atoms with Crippen molar-refractivity contribution >= 4 is 21.5 Å². The normalized spacial score (nSPS) is 11.1. The number of quaternary nitrogens is 1. The van der Waals surface area contributed by atoms with Crippen molar-refractivity contribution in [3.05, 3.63) is 66.0 Å². The van der Waals surface area contributed by atoms with E-state index in [0.717, 1.165) is 37.9 Å². The molecule has 0 aliphatic heterocycles. The van der Waals surface area contributed by atoms with E-state index in [4.69, 9.17) is 4.84 Å². The quantitative estimate of drug-likeness (QED) is 0.254. The van der Waals surface area contributed by atoms with Gasteiger partial charge in [-0.1, -0.05) is 65.8 Å². The summed E-state index contributed by atoms with van der Waals surface area (Å²) >= 11 is 0. The summed E-state index contributed by atoms with van der Waals surface area (Å²) in [5.41, 5.74) is 0. The van der Waals surface area contributed by atoms with Gasteiger partial charge in [-0.2, -0.15) is 0 Å². The second-order valence-electron chi connectivity index (χ2n) is 6.79. The molecule has 3 rings (SSSR count). The molecule has 0 fully saturated rings. The van der Waals surface area contributed by atoms with E-state index in [1.54, 1.807) is 0 Å². The molecule has 0 amide bonds. The van der Waals surface area contributed by atoms with Gasteiger partial charge in [0.15, 0.2) is 6.61 Å². The summed E-state index contributed by atoms with van der Waals surface area (Å²) in [5.74, 6) is 0. The number of benzene rings is 2. The van der Waals surface area contributed by atoms with E-state index in [2.05, 4.69) is 74.8 Å². The van der Waals surface area contributed by atoms with Crippen LogP contribution in [-0.4, -0.2) is 38.8 Å². The fraction of sp³-hybridized carbons (Fsp3) is 0.250. The smallest absolute Gasteiger partial charge is 0.165 e. The van der Waals surface area contributed by atoms with Gasteiger partial charge in [0.25, 0.3) is 0 Å². The first-order valence-corrected chi connectivity index (χ1v) is 7.92. The predicted octanol–water partition coefficient (Wildman–Crippen LogP) is 0.535. The second kappa shape index (κ2) is 7.94. The summed E-state index contributed by atoms with van der Waals surface area (Å²) in [4.78, 5) is 5.66. The molecular weight excluding hydrogens is 411 g/mol. The van der Waals surface area contributed by atoms with Crippen LogP contribution in [0.3, 0.4) is 0 Å². The van der Waals surface area contributed by atoms with Gasteiger partial charge >= 0.3 is 0 Å². The summed E-state index contributed by atoms with van der Waals surface area (Å²) in [6, 6.07) is 20.9. The Bertz CT molecular complexity index is 839. The number of likely N-dealkylation sites (N-methyl/N-ethyl adjacent to an activating group) is 1. The van der Waals surface area contributed by atoms with E-state index in [9.17, 15) is 0 Å². The molecule has 0 aliphatic rings. The van der Waals surface area contributed by atoms with Crippen LogP contribution >= 0.6 is 0 Å². The van der Waals surface area contributed by atoms with Crippen LogP contribution in [0.25, 0.3) is 21.5 Å². The van der Waals surface area contributed by atoms with Gasteiger partial charge in [-0.25, -0.2) is 0 Å². The lowest BCUT2D eigenvalue weighted by molar-refractivity contribution is -0.870. The van der Waals surface area contributed by atoms with Crippen molar-refractivity contribution < 1.29 is 33.3 Å². The van der Waals surface area contributed by atoms with Gasteiger partial charge in [-0.3, -0.25) is 0 Å². The molecule has 0 saturated carbocycles. The van der Waals surface area contributed by atoms with Crippen LogP contribution in [0.15, 0.2) is 65.8 Å². The maximum absolute atomic E-state index is 5.66. The Morgan fingerprint density at radius 2 is 1.29 bits per heavy atom. The third-order valence-corrected chi connectivity index (χ3v) is 3.88. The van der Waals surface area contributed by atoms with E-state index in [1.807, 2.05) is 12.1 Å². The first-order chi connectivity index (χ1) is 11.0. The van der Waals surface area contributed by atoms with Crippen LogP contribution in [0, 0.1) is 0 Å². The van der Waals surface area contributed by atoms with E-state index >= 15 is 0 Å². The van der Waals surface area contributed by atoms with Gasteiger partial charge < -0.3 is 33.3 Å². The number of rotatable bonds is 4. The molecular formula is C20H23IN2O. The fourth-order valence-electron chi connectivity index (χ4n) is 2.56. The van der Waals surface area contributed by atoms with Crippen LogP contribution in [0.5, 0.6) is 0 Å². The molecule has 3 aromatic carbocycles. The van der Waals surface area contributed by atoms with Crippen molar-refractivity contribution in [1.29, 1.82) is 0 Å². The fourth-order valence-corrected chi connectivity index (χ4v) is 2.56. The van der Waals surface area contributed by atoms with Crippen LogP contribution in [-0.2, 0) is 4.84 Å². The zero-order valence-corrected chi connectivity index (χ0v) is 16.5. The first kappa shape index (κ1) is 18.7. The van der Waals surface area contributed by atoms with Gasteiger partial charge in [-0.15, -0.1) is 0 Å². The number of nitrogens with zero attached hydrogens (tertiary/aromatic N) is 2. The molecule has 0 bridgehead atoms. The molecule has 0 N–H and O–H groups in total. The van der Waals surface area contributed by atoms with Crippen molar-refractivity contribution in [2.24, 2.45) is 5.16 Å². The Morgan fingerprint density at radius 3 is 1.79 bits per heavy atom. The maximum Gasteiger partial charge on any atom is 0.165 e. The summed E-state index contributed by atoms with van der Waals surface area (Å²) in [6.07, 6.45) is 0. The number of fused-ring (bicyclic) bond motifs is 2. The molecule has 0 heterocycles. The Labute approximate surface area is 160 Å². The van der Waals surface area contributed by atoms with Gasteiger partial charge in [0, 0.05) is 10.8 Å². The summed E-state index contributed by atoms with van der Waals surface area (Å²) in [7, 11) is 6.45. The SMILES string of the molecule is C[N+](C)(C)CCON=c1c2ccccc2ccc2ccccc12.[I-]. The summed E-state index contributed by atoms with van der Waals surface area (Å²) in [5, 5.41) is 9.95. The molecule has 0 radical (unpaired) electrons. The molecule has 24 heavy (non-hydrogen) atoms.